The zero-order valence-electron chi connectivity index (χ0n) is 14.5. The van der Waals surface area contributed by atoms with E-state index in [4.69, 9.17) is 4.98 Å². The molecule has 0 fully saturated rings. The first-order chi connectivity index (χ1) is 12.1. The molecule has 2 heteroatoms. The van der Waals surface area contributed by atoms with Gasteiger partial charge in [-0.1, -0.05) is 80.6 Å². The topological polar surface area (TPSA) is 25.8 Å². The van der Waals surface area contributed by atoms with Crippen LogP contribution in [0, 0.1) is 0 Å². The molecular weight excluding hydrogens is 304 g/mol. The minimum atomic E-state index is -0.0753. The van der Waals surface area contributed by atoms with E-state index in [1.165, 1.54) is 11.1 Å². The molecule has 25 heavy (non-hydrogen) atoms. The van der Waals surface area contributed by atoms with Crippen LogP contribution in [0.5, 0.6) is 0 Å². The maximum absolute atomic E-state index is 4.73. The summed E-state index contributed by atoms with van der Waals surface area (Å²) in [5.74, 6) is 0.768. The van der Waals surface area contributed by atoms with Crippen molar-refractivity contribution >= 4 is 10.9 Å². The molecule has 0 aliphatic heterocycles. The van der Waals surface area contributed by atoms with E-state index < -0.39 is 0 Å². The molecule has 2 nitrogen and oxygen atoms in total. The van der Waals surface area contributed by atoms with Crippen LogP contribution < -0.4 is 0 Å². The molecule has 1 aromatic heterocycles. The van der Waals surface area contributed by atoms with Crippen LogP contribution in [0.3, 0.4) is 0 Å². The SMILES string of the molecule is CC(C)(c1ccccc1)c1cccc(-c2ncc3ccccc3n2)c1. The Labute approximate surface area is 148 Å². The van der Waals surface area contributed by atoms with Crippen molar-refractivity contribution in [2.45, 2.75) is 19.3 Å². The summed E-state index contributed by atoms with van der Waals surface area (Å²) in [5, 5.41) is 1.06. The van der Waals surface area contributed by atoms with Gasteiger partial charge in [-0.15, -0.1) is 0 Å². The van der Waals surface area contributed by atoms with Gasteiger partial charge >= 0.3 is 0 Å². The van der Waals surface area contributed by atoms with Crippen molar-refractivity contribution < 1.29 is 0 Å². The molecule has 0 aliphatic carbocycles. The van der Waals surface area contributed by atoms with Crippen LogP contribution in [0.1, 0.15) is 25.0 Å². The van der Waals surface area contributed by atoms with E-state index in [9.17, 15) is 0 Å². The summed E-state index contributed by atoms with van der Waals surface area (Å²) in [7, 11) is 0. The summed E-state index contributed by atoms with van der Waals surface area (Å²) in [6.45, 7) is 4.51. The van der Waals surface area contributed by atoms with Crippen LogP contribution >= 0.6 is 0 Å². The van der Waals surface area contributed by atoms with Gasteiger partial charge in [0.1, 0.15) is 0 Å². The monoisotopic (exact) mass is 324 g/mol. The molecule has 0 N–H and O–H groups in total. The van der Waals surface area contributed by atoms with Gasteiger partial charge in [-0.05, 0) is 23.3 Å². The molecular formula is C23H20N2. The first-order valence-electron chi connectivity index (χ1n) is 8.53. The van der Waals surface area contributed by atoms with Crippen molar-refractivity contribution in [2.75, 3.05) is 0 Å². The minimum absolute atomic E-state index is 0.0753. The molecule has 1 heterocycles. The third-order valence-corrected chi connectivity index (χ3v) is 4.83. The Morgan fingerprint density at radius 3 is 2.28 bits per heavy atom. The lowest BCUT2D eigenvalue weighted by atomic mass is 9.78. The molecule has 0 spiro atoms. The normalized spacial score (nSPS) is 11.6. The lowest BCUT2D eigenvalue weighted by Crippen LogP contribution is -2.18. The van der Waals surface area contributed by atoms with E-state index in [0.29, 0.717) is 0 Å². The van der Waals surface area contributed by atoms with Gasteiger partial charge in [0.05, 0.1) is 5.52 Å². The molecule has 0 amide bonds. The second kappa shape index (κ2) is 6.14. The fourth-order valence-electron chi connectivity index (χ4n) is 3.18. The molecule has 0 saturated carbocycles. The molecule has 0 aliphatic rings. The third-order valence-electron chi connectivity index (χ3n) is 4.83. The smallest absolute Gasteiger partial charge is 0.159 e. The van der Waals surface area contributed by atoms with Crippen molar-refractivity contribution in [3.05, 3.63) is 96.2 Å². The highest BCUT2D eigenvalue weighted by atomic mass is 14.9. The molecule has 3 aromatic carbocycles. The third kappa shape index (κ3) is 2.91. The van der Waals surface area contributed by atoms with Gasteiger partial charge in [0.2, 0.25) is 0 Å². The van der Waals surface area contributed by atoms with Gasteiger partial charge < -0.3 is 0 Å². The molecule has 4 rings (SSSR count). The fourth-order valence-corrected chi connectivity index (χ4v) is 3.18. The molecule has 0 saturated heterocycles. The number of nitrogens with zero attached hydrogens (tertiary/aromatic N) is 2. The number of para-hydroxylation sites is 1. The molecule has 0 radical (unpaired) electrons. The molecule has 0 bridgehead atoms. The highest BCUT2D eigenvalue weighted by molar-refractivity contribution is 5.79. The van der Waals surface area contributed by atoms with Crippen molar-refractivity contribution in [3.63, 3.8) is 0 Å². The van der Waals surface area contributed by atoms with Gasteiger partial charge in [0.15, 0.2) is 5.82 Å². The molecule has 0 atom stereocenters. The highest BCUT2D eigenvalue weighted by Crippen LogP contribution is 2.33. The summed E-state index contributed by atoms with van der Waals surface area (Å²) in [6, 6.07) is 27.2. The standard InChI is InChI=1S/C23H20N2/c1-23(2,19-11-4-3-5-12-19)20-13-8-10-17(15-20)22-24-16-18-9-6-7-14-21(18)25-22/h3-16H,1-2H3. The predicted octanol–water partition coefficient (Wildman–Crippen LogP) is 5.62. The van der Waals surface area contributed by atoms with E-state index in [2.05, 4.69) is 73.4 Å². The van der Waals surface area contributed by atoms with Gasteiger partial charge in [-0.3, -0.25) is 0 Å². The fraction of sp³-hybridized carbons (Fsp3) is 0.130. The van der Waals surface area contributed by atoms with Crippen LogP contribution in [0.2, 0.25) is 0 Å². The Morgan fingerprint density at radius 1 is 0.720 bits per heavy atom. The Balaban J connectivity index is 1.78. The first kappa shape index (κ1) is 15.5. The number of fused-ring (bicyclic) bond motifs is 1. The predicted molar refractivity (Wildman–Crippen MR) is 104 cm³/mol. The van der Waals surface area contributed by atoms with Crippen LogP contribution in [-0.2, 0) is 5.41 Å². The van der Waals surface area contributed by atoms with Crippen molar-refractivity contribution in [1.29, 1.82) is 0 Å². The summed E-state index contributed by atoms with van der Waals surface area (Å²) >= 11 is 0. The van der Waals surface area contributed by atoms with Crippen LogP contribution in [0.25, 0.3) is 22.3 Å². The second-order valence-corrected chi connectivity index (χ2v) is 6.82. The number of benzene rings is 3. The van der Waals surface area contributed by atoms with Crippen molar-refractivity contribution in [1.82, 2.24) is 9.97 Å². The lowest BCUT2D eigenvalue weighted by Gasteiger charge is -2.26. The van der Waals surface area contributed by atoms with E-state index >= 15 is 0 Å². The Kier molecular flexibility index (Phi) is 3.81. The quantitative estimate of drug-likeness (QED) is 0.488. The number of hydrogen-bond acceptors (Lipinski definition) is 2. The van der Waals surface area contributed by atoms with Crippen LogP contribution in [-0.4, -0.2) is 9.97 Å². The summed E-state index contributed by atoms with van der Waals surface area (Å²) in [5.41, 5.74) is 4.50. The maximum Gasteiger partial charge on any atom is 0.159 e. The van der Waals surface area contributed by atoms with E-state index in [1.807, 2.05) is 30.5 Å². The Bertz CT molecular complexity index is 1020. The number of aromatic nitrogens is 2. The van der Waals surface area contributed by atoms with Gasteiger partial charge in [-0.25, -0.2) is 9.97 Å². The Hall–Kier alpha value is -3.00. The number of hydrogen-bond donors (Lipinski definition) is 0. The largest absolute Gasteiger partial charge is 0.236 e. The van der Waals surface area contributed by atoms with Crippen LogP contribution in [0.4, 0.5) is 0 Å². The van der Waals surface area contributed by atoms with Gasteiger partial charge in [0.25, 0.3) is 0 Å². The van der Waals surface area contributed by atoms with E-state index in [1.54, 1.807) is 0 Å². The second-order valence-electron chi connectivity index (χ2n) is 6.82. The van der Waals surface area contributed by atoms with Crippen molar-refractivity contribution in [2.24, 2.45) is 0 Å². The highest BCUT2D eigenvalue weighted by Gasteiger charge is 2.23. The molecule has 122 valence electrons. The average molecular weight is 324 g/mol. The van der Waals surface area contributed by atoms with E-state index in [0.717, 1.165) is 22.3 Å². The summed E-state index contributed by atoms with van der Waals surface area (Å²) < 4.78 is 0. The summed E-state index contributed by atoms with van der Waals surface area (Å²) in [6.07, 6.45) is 1.90. The van der Waals surface area contributed by atoms with Gasteiger partial charge in [-0.2, -0.15) is 0 Å². The van der Waals surface area contributed by atoms with E-state index in [-0.39, 0.29) is 5.41 Å². The lowest BCUT2D eigenvalue weighted by molar-refractivity contribution is 0.641. The molecule has 0 unspecified atom stereocenters. The first-order valence-corrected chi connectivity index (χ1v) is 8.53. The maximum atomic E-state index is 4.73. The average Bonchev–Trinajstić information content (AvgIpc) is 2.68. The summed E-state index contributed by atoms with van der Waals surface area (Å²) in [4.78, 5) is 9.29. The number of rotatable bonds is 3. The molecule has 4 aromatic rings. The Morgan fingerprint density at radius 2 is 1.44 bits per heavy atom. The van der Waals surface area contributed by atoms with Gasteiger partial charge in [0, 0.05) is 22.6 Å². The zero-order valence-corrected chi connectivity index (χ0v) is 14.5. The van der Waals surface area contributed by atoms with Crippen LogP contribution in [0.15, 0.2) is 85.1 Å². The van der Waals surface area contributed by atoms with Crippen molar-refractivity contribution in [3.8, 4) is 11.4 Å². The zero-order chi connectivity index (χ0) is 17.3. The minimum Gasteiger partial charge on any atom is -0.236 e.